The second-order valence-electron chi connectivity index (χ2n) is 12.9. The van der Waals surface area contributed by atoms with Crippen LogP contribution in [0.2, 0.25) is 5.02 Å². The van der Waals surface area contributed by atoms with Gasteiger partial charge in [-0.25, -0.2) is 9.78 Å². The molecule has 0 bridgehead atoms. The molecule has 2 heterocycles. The molecule has 2 aliphatic rings. The van der Waals surface area contributed by atoms with E-state index in [9.17, 15) is 14.4 Å². The molecule has 5 N–H and O–H groups in total. The number of imidazole rings is 1. The molecule has 1 aromatic heterocycles. The Kier molecular flexibility index (Phi) is 9.74. The van der Waals surface area contributed by atoms with Crippen LogP contribution < -0.4 is 21.3 Å². The van der Waals surface area contributed by atoms with Crippen molar-refractivity contribution >= 4 is 40.5 Å². The molecule has 2 aromatic carbocycles. The molecule has 5 rings (SSSR count). The van der Waals surface area contributed by atoms with Gasteiger partial charge >= 0.3 is 6.03 Å². The number of urea groups is 1. The van der Waals surface area contributed by atoms with Gasteiger partial charge in [0, 0.05) is 31.1 Å². The van der Waals surface area contributed by atoms with Gasteiger partial charge in [0.05, 0.1) is 23.1 Å². The smallest absolute Gasteiger partial charge is 0.315 e. The highest BCUT2D eigenvalue weighted by molar-refractivity contribution is 6.31. The number of amides is 4. The number of aromatic amines is 1. The number of rotatable bonds is 11. The summed E-state index contributed by atoms with van der Waals surface area (Å²) in [4.78, 5) is 48.4. The zero-order chi connectivity index (χ0) is 32.4. The summed E-state index contributed by atoms with van der Waals surface area (Å²) < 4.78 is 5.82. The van der Waals surface area contributed by atoms with Gasteiger partial charge in [-0.05, 0) is 74.3 Å². The number of nitrogens with one attached hydrogen (secondary N) is 5. The number of aromatic nitrogens is 2. The van der Waals surface area contributed by atoms with Crippen molar-refractivity contribution in [2.24, 2.45) is 11.8 Å². The first-order valence-electron chi connectivity index (χ1n) is 16.0. The Hall–Kier alpha value is -3.63. The number of carbonyl (C=O) groups is 3. The van der Waals surface area contributed by atoms with E-state index in [0.717, 1.165) is 35.9 Å². The molecule has 45 heavy (non-hydrogen) atoms. The van der Waals surface area contributed by atoms with Gasteiger partial charge < -0.3 is 31.0 Å². The standard InChI is InChI=1S/C34H45ClN6O4/c1-6-37-29(42)28(21-10-9-11-21)40-31(43)34(16-17-45-19-34)22-14-15-25-26(18-22)39-30(38-25)33(4,41-32(44)36-5)27(20(2)3)23-12-7-8-13-24(23)35/h7-8,12-15,18,20-21,27-28H,6,9-11,16-17,19H2,1-5H3,(H,37,42)(H,38,39)(H,40,43)(H2,36,41,44)/t27-,28+,33+,34?/m0/s1. The number of hydrogen-bond donors (Lipinski definition) is 5. The van der Waals surface area contributed by atoms with E-state index in [0.29, 0.717) is 35.9 Å². The van der Waals surface area contributed by atoms with Gasteiger partial charge in [-0.3, -0.25) is 9.59 Å². The number of benzene rings is 2. The Morgan fingerprint density at radius 2 is 1.93 bits per heavy atom. The third kappa shape index (κ3) is 6.27. The molecule has 2 fully saturated rings. The summed E-state index contributed by atoms with van der Waals surface area (Å²) in [6.45, 7) is 9.19. The average molecular weight is 637 g/mol. The summed E-state index contributed by atoms with van der Waals surface area (Å²) in [5.41, 5.74) is 1.19. The molecule has 0 radical (unpaired) electrons. The van der Waals surface area contributed by atoms with Crippen molar-refractivity contribution in [1.29, 1.82) is 0 Å². The van der Waals surface area contributed by atoms with Crippen LogP contribution in [-0.4, -0.2) is 60.7 Å². The van der Waals surface area contributed by atoms with Gasteiger partial charge in [-0.2, -0.15) is 0 Å². The summed E-state index contributed by atoms with van der Waals surface area (Å²) in [5, 5.41) is 12.5. The molecule has 242 valence electrons. The number of nitrogens with zero attached hydrogens (tertiary/aromatic N) is 1. The third-order valence-corrected chi connectivity index (χ3v) is 10.00. The maximum absolute atomic E-state index is 14.1. The van der Waals surface area contributed by atoms with Crippen LogP contribution in [0.5, 0.6) is 0 Å². The van der Waals surface area contributed by atoms with Gasteiger partial charge in [-0.1, -0.05) is 56.1 Å². The predicted molar refractivity (Wildman–Crippen MR) is 175 cm³/mol. The topological polar surface area (TPSA) is 137 Å². The minimum absolute atomic E-state index is 0.0759. The Balaban J connectivity index is 1.54. The van der Waals surface area contributed by atoms with Gasteiger partial charge in [-0.15, -0.1) is 0 Å². The minimum atomic E-state index is -0.980. The van der Waals surface area contributed by atoms with E-state index in [1.807, 2.05) is 56.3 Å². The molecule has 11 heteroatoms. The SMILES string of the molecule is CCNC(=O)[C@H](NC(=O)C1(c2ccc3nc([C@](C)(NC(=O)NC)[C@H](c4ccccc4Cl)C(C)C)[nH]c3c2)CCOC1)C1CCC1. The Labute approximate surface area is 269 Å². The first kappa shape index (κ1) is 32.8. The fraction of sp³-hybridized carbons (Fsp3) is 0.529. The van der Waals surface area contributed by atoms with Gasteiger partial charge in [0.1, 0.15) is 17.4 Å². The Morgan fingerprint density at radius 3 is 2.53 bits per heavy atom. The first-order chi connectivity index (χ1) is 21.5. The quantitative estimate of drug-likeness (QED) is 0.204. The summed E-state index contributed by atoms with van der Waals surface area (Å²) >= 11 is 6.72. The Bertz CT molecular complexity index is 1550. The summed E-state index contributed by atoms with van der Waals surface area (Å²) in [6.07, 6.45) is 3.40. The predicted octanol–water partition coefficient (Wildman–Crippen LogP) is 4.88. The molecular weight excluding hydrogens is 592 g/mol. The zero-order valence-electron chi connectivity index (χ0n) is 26.8. The molecule has 1 saturated carbocycles. The monoisotopic (exact) mass is 636 g/mol. The van der Waals surface area contributed by atoms with Crippen LogP contribution in [0.1, 0.15) is 76.2 Å². The lowest BCUT2D eigenvalue weighted by molar-refractivity contribution is -0.134. The van der Waals surface area contributed by atoms with Crippen LogP contribution in [0.4, 0.5) is 4.79 Å². The minimum Gasteiger partial charge on any atom is -0.380 e. The van der Waals surface area contributed by atoms with Crippen LogP contribution in [0, 0.1) is 11.8 Å². The summed E-state index contributed by atoms with van der Waals surface area (Å²) in [7, 11) is 1.58. The van der Waals surface area contributed by atoms with E-state index in [1.54, 1.807) is 7.05 Å². The fourth-order valence-corrected chi connectivity index (χ4v) is 7.29. The molecule has 4 atom stereocenters. The lowest BCUT2D eigenvalue weighted by atomic mass is 9.73. The zero-order valence-corrected chi connectivity index (χ0v) is 27.5. The van der Waals surface area contributed by atoms with Gasteiger partial charge in [0.2, 0.25) is 11.8 Å². The molecule has 4 amide bonds. The van der Waals surface area contributed by atoms with E-state index in [1.165, 1.54) is 0 Å². The molecule has 1 saturated heterocycles. The fourth-order valence-electron chi connectivity index (χ4n) is 7.04. The second-order valence-corrected chi connectivity index (χ2v) is 13.3. The molecule has 1 aliphatic heterocycles. The van der Waals surface area contributed by atoms with Gasteiger partial charge in [0.25, 0.3) is 0 Å². The number of carbonyl (C=O) groups excluding carboxylic acids is 3. The van der Waals surface area contributed by atoms with E-state index < -0.39 is 17.0 Å². The van der Waals surface area contributed by atoms with Crippen LogP contribution in [-0.2, 0) is 25.3 Å². The highest BCUT2D eigenvalue weighted by Crippen LogP contribution is 2.44. The number of ether oxygens (including phenoxy) is 1. The van der Waals surface area contributed by atoms with Crippen molar-refractivity contribution in [3.8, 4) is 0 Å². The number of likely N-dealkylation sites (N-methyl/N-ethyl adjacent to an activating group) is 1. The molecule has 10 nitrogen and oxygen atoms in total. The number of halogens is 1. The number of H-pyrrole nitrogens is 1. The van der Waals surface area contributed by atoms with Crippen LogP contribution in [0.3, 0.4) is 0 Å². The van der Waals surface area contributed by atoms with Crippen molar-refractivity contribution in [3.05, 3.63) is 64.4 Å². The van der Waals surface area contributed by atoms with Gasteiger partial charge in [0.15, 0.2) is 0 Å². The first-order valence-corrected chi connectivity index (χ1v) is 16.3. The average Bonchev–Trinajstić information content (AvgIpc) is 3.65. The Morgan fingerprint density at radius 1 is 1.18 bits per heavy atom. The van der Waals surface area contributed by atoms with Crippen molar-refractivity contribution < 1.29 is 19.1 Å². The third-order valence-electron chi connectivity index (χ3n) is 9.65. The largest absolute Gasteiger partial charge is 0.380 e. The molecule has 3 aromatic rings. The summed E-state index contributed by atoms with van der Waals surface area (Å²) in [6, 6.07) is 12.5. The molecular formula is C34H45ClN6O4. The molecule has 0 spiro atoms. The van der Waals surface area contributed by atoms with Crippen LogP contribution in [0.25, 0.3) is 11.0 Å². The maximum Gasteiger partial charge on any atom is 0.315 e. The van der Waals surface area contributed by atoms with E-state index in [4.69, 9.17) is 21.3 Å². The van der Waals surface area contributed by atoms with Crippen molar-refractivity contribution in [2.45, 2.75) is 76.3 Å². The van der Waals surface area contributed by atoms with Crippen molar-refractivity contribution in [3.63, 3.8) is 0 Å². The maximum atomic E-state index is 14.1. The normalized spacial score (nSPS) is 21.0. The molecule has 1 aliphatic carbocycles. The number of hydrogen-bond acceptors (Lipinski definition) is 5. The number of fused-ring (bicyclic) bond motifs is 1. The van der Waals surface area contributed by atoms with E-state index in [2.05, 4.69) is 40.1 Å². The van der Waals surface area contributed by atoms with Crippen LogP contribution >= 0.6 is 11.6 Å². The lowest BCUT2D eigenvalue weighted by Gasteiger charge is -2.40. The van der Waals surface area contributed by atoms with Crippen LogP contribution in [0.15, 0.2) is 42.5 Å². The highest BCUT2D eigenvalue weighted by Gasteiger charge is 2.47. The summed E-state index contributed by atoms with van der Waals surface area (Å²) in [5.74, 6) is 0.203. The van der Waals surface area contributed by atoms with E-state index >= 15 is 0 Å². The lowest BCUT2D eigenvalue weighted by Crippen LogP contribution is -2.57. The van der Waals surface area contributed by atoms with Crippen molar-refractivity contribution in [1.82, 2.24) is 31.2 Å². The highest BCUT2D eigenvalue weighted by atomic mass is 35.5. The van der Waals surface area contributed by atoms with E-state index in [-0.39, 0.29) is 42.2 Å². The second kappa shape index (κ2) is 13.4. The molecule has 1 unspecified atom stereocenters. The van der Waals surface area contributed by atoms with Crippen molar-refractivity contribution in [2.75, 3.05) is 26.8 Å².